The van der Waals surface area contributed by atoms with Crippen molar-refractivity contribution in [3.05, 3.63) is 0 Å². The molecule has 4 aliphatic heterocycles. The smallest absolute Gasteiger partial charge is 0.227 e. The van der Waals surface area contributed by atoms with Crippen molar-refractivity contribution in [2.45, 2.75) is 99.5 Å². The lowest BCUT2D eigenvalue weighted by Crippen LogP contribution is -2.72. The van der Waals surface area contributed by atoms with E-state index in [1.165, 1.54) is 32.1 Å². The first-order valence-corrected chi connectivity index (χ1v) is 14.5. The Morgan fingerprint density at radius 1 is 1.26 bits per heavy atom. The Bertz CT molecular complexity index is 783. The van der Waals surface area contributed by atoms with Gasteiger partial charge >= 0.3 is 0 Å². The third-order valence-electron chi connectivity index (χ3n) is 10.3. The molecule has 5 aliphatic rings. The van der Waals surface area contributed by atoms with Crippen LogP contribution in [-0.2, 0) is 4.79 Å². The molecule has 4 saturated heterocycles. The van der Waals surface area contributed by atoms with Crippen molar-refractivity contribution in [2.24, 2.45) is 22.8 Å². The van der Waals surface area contributed by atoms with Crippen LogP contribution in [0, 0.1) is 11.3 Å². The normalized spacial score (nSPS) is 42.8. The summed E-state index contributed by atoms with van der Waals surface area (Å²) in [7, 11) is 4.35. The van der Waals surface area contributed by atoms with Gasteiger partial charge in [-0.1, -0.05) is 13.3 Å². The molecule has 0 aromatic rings. The number of likely N-dealkylation sites (tertiary alicyclic amines) is 1. The second-order valence-electron chi connectivity index (χ2n) is 12.5. The van der Waals surface area contributed by atoms with Crippen LogP contribution in [0.2, 0.25) is 0 Å². The average molecular weight is 510 g/mol. The van der Waals surface area contributed by atoms with Gasteiger partial charge in [-0.05, 0) is 77.5 Å². The zero-order chi connectivity index (χ0) is 25.0. The summed E-state index contributed by atoms with van der Waals surface area (Å²) >= 11 is 6.76. The number of rotatable bonds is 8. The first kappa shape index (κ1) is 26.1. The summed E-state index contributed by atoms with van der Waals surface area (Å²) < 4.78 is 0. The van der Waals surface area contributed by atoms with Crippen molar-refractivity contribution >= 4 is 17.5 Å². The van der Waals surface area contributed by atoms with Gasteiger partial charge in [-0.15, -0.1) is 11.6 Å². The van der Waals surface area contributed by atoms with Crippen molar-refractivity contribution in [1.29, 1.82) is 0 Å². The lowest BCUT2D eigenvalue weighted by Gasteiger charge is -2.59. The predicted octanol–water partition coefficient (Wildman–Crippen LogP) is 0.733. The fourth-order valence-corrected chi connectivity index (χ4v) is 8.95. The van der Waals surface area contributed by atoms with Gasteiger partial charge in [0.05, 0.1) is 18.1 Å². The van der Waals surface area contributed by atoms with Crippen molar-refractivity contribution in [3.8, 4) is 0 Å². The quantitative estimate of drug-likeness (QED) is 0.282. The number of hydrogen-bond donors (Lipinski definition) is 4. The maximum absolute atomic E-state index is 13.8. The summed E-state index contributed by atoms with van der Waals surface area (Å²) in [6, 6.07) is 1.11. The number of carbonyl (C=O) groups is 1. The molecule has 200 valence electrons. The fourth-order valence-electron chi connectivity index (χ4n) is 8.51. The van der Waals surface area contributed by atoms with E-state index in [9.17, 15) is 4.79 Å². The minimum absolute atomic E-state index is 0.0261. The summed E-state index contributed by atoms with van der Waals surface area (Å²) in [5.41, 5.74) is 13.2. The van der Waals surface area contributed by atoms with Crippen molar-refractivity contribution in [2.75, 3.05) is 46.8 Å². The Kier molecular flexibility index (Phi) is 7.47. The lowest BCUT2D eigenvalue weighted by atomic mass is 9.71. The molecular weight excluding hydrogens is 462 g/mol. The van der Waals surface area contributed by atoms with Crippen LogP contribution in [0.15, 0.2) is 0 Å². The standard InChI is InChI=1S/C26H48ClN7O/c1-4-8-25-11-17(27)14-34-21(12-26(25,34)16-25)22(23(28)29)24(35)31-19-13-30-9-7-20(19)33-10-5-6-18(15-33)32(2)3/h17-23,30H,4-16,28-29H2,1-3H3,(H,31,35). The third kappa shape index (κ3) is 4.55. The minimum atomic E-state index is -0.671. The van der Waals surface area contributed by atoms with Gasteiger partial charge in [-0.2, -0.15) is 0 Å². The van der Waals surface area contributed by atoms with Gasteiger partial charge in [0.15, 0.2) is 0 Å². The van der Waals surface area contributed by atoms with Crippen LogP contribution < -0.4 is 22.1 Å². The Labute approximate surface area is 216 Å². The molecule has 4 heterocycles. The van der Waals surface area contributed by atoms with Crippen LogP contribution in [-0.4, -0.2) is 109 Å². The predicted molar refractivity (Wildman–Crippen MR) is 141 cm³/mol. The molecule has 1 spiro atoms. The number of nitrogens with zero attached hydrogens (tertiary/aromatic N) is 3. The van der Waals surface area contributed by atoms with Crippen LogP contribution in [0.4, 0.5) is 0 Å². The van der Waals surface area contributed by atoms with Gasteiger partial charge in [0.2, 0.25) is 5.91 Å². The summed E-state index contributed by atoms with van der Waals surface area (Å²) in [6.45, 7) is 7.09. The second kappa shape index (κ2) is 10.0. The lowest BCUT2D eigenvalue weighted by molar-refractivity contribution is -0.140. The van der Waals surface area contributed by atoms with E-state index in [-0.39, 0.29) is 28.9 Å². The number of nitrogens with one attached hydrogen (secondary N) is 2. The number of piperidine rings is 3. The number of hydrogen-bond acceptors (Lipinski definition) is 7. The number of nitrogens with two attached hydrogens (primary N) is 2. The highest BCUT2D eigenvalue weighted by atomic mass is 35.5. The maximum atomic E-state index is 13.8. The highest BCUT2D eigenvalue weighted by Crippen LogP contribution is 2.75. The van der Waals surface area contributed by atoms with E-state index in [2.05, 4.69) is 46.4 Å². The number of alkyl halides is 1. The third-order valence-corrected chi connectivity index (χ3v) is 10.6. The van der Waals surface area contributed by atoms with Crippen LogP contribution >= 0.6 is 11.6 Å². The molecule has 35 heavy (non-hydrogen) atoms. The largest absolute Gasteiger partial charge is 0.350 e. The van der Waals surface area contributed by atoms with Gasteiger partial charge in [0, 0.05) is 48.7 Å². The minimum Gasteiger partial charge on any atom is -0.350 e. The molecule has 5 rings (SSSR count). The topological polar surface area (TPSA) is 103 Å². The monoisotopic (exact) mass is 509 g/mol. The van der Waals surface area contributed by atoms with E-state index in [4.69, 9.17) is 23.1 Å². The summed E-state index contributed by atoms with van der Waals surface area (Å²) in [5, 5.41) is 7.09. The van der Waals surface area contributed by atoms with Crippen molar-refractivity contribution in [3.63, 3.8) is 0 Å². The Hall–Kier alpha value is -0.480. The molecule has 8 unspecified atom stereocenters. The molecule has 0 aromatic carbocycles. The van der Waals surface area contributed by atoms with Crippen molar-refractivity contribution < 1.29 is 4.79 Å². The highest BCUT2D eigenvalue weighted by molar-refractivity contribution is 6.21. The van der Waals surface area contributed by atoms with Crippen LogP contribution in [0.25, 0.3) is 0 Å². The summed E-state index contributed by atoms with van der Waals surface area (Å²) in [6.07, 6.45) is 8.61. The summed E-state index contributed by atoms with van der Waals surface area (Å²) in [4.78, 5) is 21.3. The molecule has 8 atom stereocenters. The van der Waals surface area contributed by atoms with Crippen LogP contribution in [0.3, 0.4) is 0 Å². The number of likely N-dealkylation sites (N-methyl/N-ethyl adjacent to an activating group) is 1. The van der Waals surface area contributed by atoms with Crippen LogP contribution in [0.1, 0.15) is 58.3 Å². The first-order valence-electron chi connectivity index (χ1n) is 14.0. The number of halogens is 1. The van der Waals surface area contributed by atoms with E-state index in [0.717, 1.165) is 52.0 Å². The van der Waals surface area contributed by atoms with E-state index >= 15 is 0 Å². The molecule has 0 radical (unpaired) electrons. The molecule has 1 amide bonds. The van der Waals surface area contributed by atoms with Gasteiger partial charge in [-0.25, -0.2) is 0 Å². The molecule has 1 saturated carbocycles. The highest BCUT2D eigenvalue weighted by Gasteiger charge is 2.78. The van der Waals surface area contributed by atoms with Gasteiger partial charge in [0.1, 0.15) is 0 Å². The molecule has 8 nitrogen and oxygen atoms in total. The van der Waals surface area contributed by atoms with Gasteiger partial charge < -0.3 is 27.0 Å². The fraction of sp³-hybridized carbons (Fsp3) is 0.962. The SMILES string of the molecule is CCCC12CC(Cl)CN3C(C(C(=O)NC4CNCCC4N4CCCC(N(C)C)C4)C(N)N)CC31C2. The Morgan fingerprint density at radius 2 is 2.06 bits per heavy atom. The zero-order valence-electron chi connectivity index (χ0n) is 22.0. The van der Waals surface area contributed by atoms with E-state index in [1.54, 1.807) is 0 Å². The molecule has 6 N–H and O–H groups in total. The van der Waals surface area contributed by atoms with Gasteiger partial charge in [0.25, 0.3) is 0 Å². The van der Waals surface area contributed by atoms with Crippen LogP contribution in [0.5, 0.6) is 0 Å². The second-order valence-corrected chi connectivity index (χ2v) is 13.1. The zero-order valence-corrected chi connectivity index (χ0v) is 22.8. The average Bonchev–Trinajstić information content (AvgIpc) is 3.47. The first-order chi connectivity index (χ1) is 16.7. The molecular formula is C26H48ClN7O. The van der Waals surface area contributed by atoms with E-state index < -0.39 is 12.1 Å². The van der Waals surface area contributed by atoms with E-state index in [0.29, 0.717) is 17.5 Å². The molecule has 0 aromatic heterocycles. The van der Waals surface area contributed by atoms with E-state index in [1.807, 2.05) is 0 Å². The molecule has 5 fully saturated rings. The Morgan fingerprint density at radius 3 is 2.77 bits per heavy atom. The number of amides is 1. The molecule has 1 aliphatic carbocycles. The molecule has 0 bridgehead atoms. The van der Waals surface area contributed by atoms with Gasteiger partial charge in [-0.3, -0.25) is 14.6 Å². The molecule has 9 heteroatoms. The Balaban J connectivity index is 1.27. The maximum Gasteiger partial charge on any atom is 0.227 e. The van der Waals surface area contributed by atoms with Crippen molar-refractivity contribution in [1.82, 2.24) is 25.3 Å². The number of carbonyl (C=O) groups excluding carboxylic acids is 1. The summed E-state index contributed by atoms with van der Waals surface area (Å²) in [5.74, 6) is -0.376.